The van der Waals surface area contributed by atoms with Crippen LogP contribution in [-0.2, 0) is 20.7 Å². The first-order chi connectivity index (χ1) is 10.3. The summed E-state index contributed by atoms with van der Waals surface area (Å²) in [6.45, 7) is 7.62. The molecular weight excluding hydrogens is 282 g/mol. The van der Waals surface area contributed by atoms with Gasteiger partial charge in [0, 0.05) is 0 Å². The quantitative estimate of drug-likeness (QED) is 0.818. The van der Waals surface area contributed by atoms with E-state index < -0.39 is 12.0 Å². The molecule has 0 aliphatic carbocycles. The van der Waals surface area contributed by atoms with E-state index in [2.05, 4.69) is 5.32 Å². The fraction of sp³-hybridized carbons (Fsp3) is 0.529. The van der Waals surface area contributed by atoms with Gasteiger partial charge in [0.1, 0.15) is 11.8 Å². The zero-order valence-electron chi connectivity index (χ0n) is 14.1. The summed E-state index contributed by atoms with van der Waals surface area (Å²) in [7, 11) is 2.95. The number of carbonyl (C=O) groups excluding carboxylic acids is 2. The van der Waals surface area contributed by atoms with Gasteiger partial charge in [0.2, 0.25) is 5.91 Å². The second-order valence-electron chi connectivity index (χ2n) is 5.75. The van der Waals surface area contributed by atoms with Gasteiger partial charge < -0.3 is 14.8 Å². The molecule has 1 aromatic carbocycles. The van der Waals surface area contributed by atoms with Gasteiger partial charge in [0.05, 0.1) is 20.6 Å². The van der Waals surface area contributed by atoms with E-state index >= 15 is 0 Å². The monoisotopic (exact) mass is 307 g/mol. The molecule has 5 nitrogen and oxygen atoms in total. The lowest BCUT2D eigenvalue weighted by Gasteiger charge is -2.20. The number of hydrogen-bond donors (Lipinski definition) is 1. The molecule has 0 unspecified atom stereocenters. The van der Waals surface area contributed by atoms with Crippen molar-refractivity contribution < 1.29 is 19.1 Å². The van der Waals surface area contributed by atoms with Gasteiger partial charge in [-0.25, -0.2) is 4.79 Å². The zero-order valence-corrected chi connectivity index (χ0v) is 14.1. The van der Waals surface area contributed by atoms with Crippen molar-refractivity contribution in [1.29, 1.82) is 0 Å². The maximum atomic E-state index is 12.2. The van der Waals surface area contributed by atoms with Crippen LogP contribution in [0, 0.1) is 19.8 Å². The van der Waals surface area contributed by atoms with Crippen LogP contribution in [0.4, 0.5) is 0 Å². The summed E-state index contributed by atoms with van der Waals surface area (Å²) in [6.07, 6.45) is 0.214. The summed E-state index contributed by atoms with van der Waals surface area (Å²) in [5.74, 6) is 0.174. The van der Waals surface area contributed by atoms with Crippen LogP contribution in [0.25, 0.3) is 0 Å². The number of ether oxygens (including phenoxy) is 2. The van der Waals surface area contributed by atoms with Crippen molar-refractivity contribution >= 4 is 11.9 Å². The Kier molecular flexibility index (Phi) is 6.40. The molecule has 0 heterocycles. The number of aryl methyl sites for hydroxylation is 2. The molecule has 1 atom stereocenters. The molecule has 0 aliphatic heterocycles. The largest absolute Gasteiger partial charge is 0.496 e. The standard InChI is InChI=1S/C17H25NO4/c1-10(2)15(17(20)22-6)18-14(19)9-13-7-11(3)16(21-5)12(4)8-13/h7-8,10,15H,9H2,1-6H3,(H,18,19)/t15-/m0/s1. The second kappa shape index (κ2) is 7.82. The van der Waals surface area contributed by atoms with Gasteiger partial charge in [-0.3, -0.25) is 4.79 Å². The third kappa shape index (κ3) is 4.48. The van der Waals surface area contributed by atoms with Crippen molar-refractivity contribution in [2.24, 2.45) is 5.92 Å². The Balaban J connectivity index is 2.82. The molecule has 1 amide bonds. The Bertz CT molecular complexity index is 529. The van der Waals surface area contributed by atoms with E-state index in [9.17, 15) is 9.59 Å². The Morgan fingerprint density at radius 2 is 1.68 bits per heavy atom. The Hall–Kier alpha value is -2.04. The number of benzene rings is 1. The maximum Gasteiger partial charge on any atom is 0.328 e. The lowest BCUT2D eigenvalue weighted by Crippen LogP contribution is -2.45. The minimum absolute atomic E-state index is 0.0317. The number of carbonyl (C=O) groups is 2. The summed E-state index contributed by atoms with van der Waals surface area (Å²) in [6, 6.07) is 3.22. The van der Waals surface area contributed by atoms with Crippen LogP contribution in [0.5, 0.6) is 5.75 Å². The smallest absolute Gasteiger partial charge is 0.328 e. The molecule has 1 rings (SSSR count). The number of esters is 1. The van der Waals surface area contributed by atoms with Crippen LogP contribution in [0.2, 0.25) is 0 Å². The SMILES string of the molecule is COC(=O)[C@@H](NC(=O)Cc1cc(C)c(OC)c(C)c1)C(C)C. The third-order valence-corrected chi connectivity index (χ3v) is 3.53. The molecule has 0 saturated carbocycles. The number of amides is 1. The van der Waals surface area contributed by atoms with Gasteiger partial charge in [-0.15, -0.1) is 0 Å². The van der Waals surface area contributed by atoms with Gasteiger partial charge in [0.25, 0.3) is 0 Å². The average molecular weight is 307 g/mol. The van der Waals surface area contributed by atoms with Crippen LogP contribution in [0.15, 0.2) is 12.1 Å². The van der Waals surface area contributed by atoms with Crippen molar-refractivity contribution in [3.05, 3.63) is 28.8 Å². The van der Waals surface area contributed by atoms with Crippen molar-refractivity contribution in [2.75, 3.05) is 14.2 Å². The molecule has 0 bridgehead atoms. The van der Waals surface area contributed by atoms with Gasteiger partial charge in [-0.2, -0.15) is 0 Å². The fourth-order valence-electron chi connectivity index (χ4n) is 2.50. The van der Waals surface area contributed by atoms with Crippen LogP contribution in [0.3, 0.4) is 0 Å². The van der Waals surface area contributed by atoms with E-state index in [1.54, 1.807) is 7.11 Å². The lowest BCUT2D eigenvalue weighted by atomic mass is 10.0. The van der Waals surface area contributed by atoms with Gasteiger partial charge >= 0.3 is 5.97 Å². The fourth-order valence-corrected chi connectivity index (χ4v) is 2.50. The Morgan fingerprint density at radius 3 is 2.09 bits per heavy atom. The molecule has 1 N–H and O–H groups in total. The van der Waals surface area contributed by atoms with E-state index in [4.69, 9.17) is 9.47 Å². The van der Waals surface area contributed by atoms with Crippen molar-refractivity contribution in [1.82, 2.24) is 5.32 Å². The van der Waals surface area contributed by atoms with Crippen molar-refractivity contribution in [3.63, 3.8) is 0 Å². The summed E-state index contributed by atoms with van der Waals surface area (Å²) in [5, 5.41) is 2.74. The molecule has 1 aromatic rings. The molecule has 0 saturated heterocycles. The van der Waals surface area contributed by atoms with E-state index in [0.29, 0.717) is 0 Å². The lowest BCUT2D eigenvalue weighted by molar-refractivity contribution is -0.146. The molecule has 0 fully saturated rings. The number of rotatable bonds is 6. The predicted molar refractivity (Wildman–Crippen MR) is 85.0 cm³/mol. The molecule has 5 heteroatoms. The van der Waals surface area contributed by atoms with E-state index in [0.717, 1.165) is 22.4 Å². The first-order valence-corrected chi connectivity index (χ1v) is 7.31. The minimum atomic E-state index is -0.627. The molecule has 0 aliphatic rings. The first-order valence-electron chi connectivity index (χ1n) is 7.31. The molecule has 0 radical (unpaired) electrons. The molecule has 0 spiro atoms. The van der Waals surface area contributed by atoms with Crippen LogP contribution >= 0.6 is 0 Å². The summed E-state index contributed by atoms with van der Waals surface area (Å²) in [4.78, 5) is 23.9. The zero-order chi connectivity index (χ0) is 16.9. The van der Waals surface area contributed by atoms with Gasteiger partial charge in [0.15, 0.2) is 0 Å². The van der Waals surface area contributed by atoms with E-state index in [1.807, 2.05) is 39.8 Å². The maximum absolute atomic E-state index is 12.2. The average Bonchev–Trinajstić information content (AvgIpc) is 2.43. The van der Waals surface area contributed by atoms with Crippen molar-refractivity contribution in [3.8, 4) is 5.75 Å². The highest BCUT2D eigenvalue weighted by molar-refractivity contribution is 5.85. The molecule has 0 aromatic heterocycles. The number of hydrogen-bond acceptors (Lipinski definition) is 4. The second-order valence-corrected chi connectivity index (χ2v) is 5.75. The molecular formula is C17H25NO4. The van der Waals surface area contributed by atoms with Crippen LogP contribution in [0.1, 0.15) is 30.5 Å². The minimum Gasteiger partial charge on any atom is -0.496 e. The highest BCUT2D eigenvalue weighted by Gasteiger charge is 2.24. The highest BCUT2D eigenvalue weighted by Crippen LogP contribution is 2.24. The topological polar surface area (TPSA) is 64.6 Å². The van der Waals surface area contributed by atoms with E-state index in [-0.39, 0.29) is 18.2 Å². The normalized spacial score (nSPS) is 12.0. The summed E-state index contributed by atoms with van der Waals surface area (Å²) >= 11 is 0. The predicted octanol–water partition coefficient (Wildman–Crippen LogP) is 2.17. The molecule has 22 heavy (non-hydrogen) atoms. The van der Waals surface area contributed by atoms with Gasteiger partial charge in [-0.05, 0) is 36.5 Å². The van der Waals surface area contributed by atoms with E-state index in [1.165, 1.54) is 7.11 Å². The molecule has 122 valence electrons. The Labute approximate surface area is 132 Å². The van der Waals surface area contributed by atoms with Crippen molar-refractivity contribution in [2.45, 2.75) is 40.2 Å². The number of nitrogens with one attached hydrogen (secondary N) is 1. The highest BCUT2D eigenvalue weighted by atomic mass is 16.5. The van der Waals surface area contributed by atoms with Crippen LogP contribution < -0.4 is 10.1 Å². The first kappa shape index (κ1) is 18.0. The summed E-state index contributed by atoms with van der Waals surface area (Å²) in [5.41, 5.74) is 2.86. The summed E-state index contributed by atoms with van der Waals surface area (Å²) < 4.78 is 10.0. The van der Waals surface area contributed by atoms with Crippen LogP contribution in [-0.4, -0.2) is 32.1 Å². The third-order valence-electron chi connectivity index (χ3n) is 3.53. The van der Waals surface area contributed by atoms with Gasteiger partial charge in [-0.1, -0.05) is 26.0 Å². The number of methoxy groups -OCH3 is 2. The Morgan fingerprint density at radius 1 is 1.14 bits per heavy atom.